The number of hydrogen-bond acceptors (Lipinski definition) is 3. The van der Waals surface area contributed by atoms with Crippen molar-refractivity contribution in [1.82, 2.24) is 4.98 Å². The van der Waals surface area contributed by atoms with E-state index in [0.717, 1.165) is 13.6 Å². The molecule has 0 fully saturated rings. The summed E-state index contributed by atoms with van der Waals surface area (Å²) in [5.74, 6) is -1.20. The monoisotopic (exact) mass is 452 g/mol. The average molecular weight is 453 g/mol. The molecule has 3 nitrogen and oxygen atoms in total. The minimum atomic E-state index is -1.20. The maximum absolute atomic E-state index is 11.4. The Morgan fingerprint density at radius 2 is 1.81 bits per heavy atom. The van der Waals surface area contributed by atoms with Crippen LogP contribution in [0.2, 0.25) is 0 Å². The van der Waals surface area contributed by atoms with Crippen molar-refractivity contribution in [2.75, 3.05) is 0 Å². The summed E-state index contributed by atoms with van der Waals surface area (Å²) in [6, 6.07) is 14.7. The molecule has 5 heteroatoms. The number of carbonyl (C=O) groups is 1. The number of aromatic carboxylic acids is 1. The molecule has 0 spiro atoms. The minimum absolute atomic E-state index is 0.148. The third-order valence-corrected chi connectivity index (χ3v) is 4.34. The molecule has 0 radical (unpaired) electrons. The molecular weight excluding hydrogens is 445 g/mol. The van der Waals surface area contributed by atoms with E-state index in [1.54, 1.807) is 18.2 Å². The fourth-order valence-corrected chi connectivity index (χ4v) is 2.86. The molecule has 104 valence electrons. The molecule has 0 amide bonds. The number of pyridine rings is 1. The first-order valence-electron chi connectivity index (χ1n) is 6.12. The molecule has 0 bridgehead atoms. The van der Waals surface area contributed by atoms with Crippen LogP contribution in [0.25, 0.3) is 22.2 Å². The van der Waals surface area contributed by atoms with Crippen LogP contribution < -0.4 is 5.11 Å². The van der Waals surface area contributed by atoms with E-state index in [0.29, 0.717) is 16.6 Å². The Morgan fingerprint density at radius 3 is 2.48 bits per heavy atom. The Hall–Kier alpha value is -1.47. The maximum Gasteiger partial charge on any atom is 0.0722 e. The zero-order chi connectivity index (χ0) is 15.0. The van der Waals surface area contributed by atoms with Crippen molar-refractivity contribution in [3.8, 4) is 11.3 Å². The standard InChI is InChI=1S/C16H9BrINO2/c17-10-3-6-14-12(7-10)13(16(20)21)8-15(19-14)9-1-4-11(18)5-2-9/h1-8H,(H,20,21)/p-1. The van der Waals surface area contributed by atoms with Crippen LogP contribution in [-0.2, 0) is 0 Å². The first-order valence-corrected chi connectivity index (χ1v) is 7.99. The number of rotatable bonds is 2. The molecule has 0 atom stereocenters. The van der Waals surface area contributed by atoms with Crippen molar-refractivity contribution in [2.24, 2.45) is 0 Å². The van der Waals surface area contributed by atoms with E-state index >= 15 is 0 Å². The molecule has 3 rings (SSSR count). The normalized spacial score (nSPS) is 10.8. The van der Waals surface area contributed by atoms with Gasteiger partial charge in [-0.3, -0.25) is 0 Å². The fraction of sp³-hybridized carbons (Fsp3) is 0. The van der Waals surface area contributed by atoms with Gasteiger partial charge in [-0.15, -0.1) is 0 Å². The molecule has 1 heterocycles. The van der Waals surface area contributed by atoms with Crippen LogP contribution in [0.3, 0.4) is 0 Å². The summed E-state index contributed by atoms with van der Waals surface area (Å²) in [6.45, 7) is 0. The number of carboxylic acids is 1. The number of benzene rings is 2. The number of carboxylic acid groups (broad SMARTS) is 1. The average Bonchev–Trinajstić information content (AvgIpc) is 2.46. The summed E-state index contributed by atoms with van der Waals surface area (Å²) in [6.07, 6.45) is 0. The van der Waals surface area contributed by atoms with Gasteiger partial charge in [-0.25, -0.2) is 4.98 Å². The lowest BCUT2D eigenvalue weighted by molar-refractivity contribution is -0.254. The van der Waals surface area contributed by atoms with Gasteiger partial charge in [0.05, 0.1) is 17.2 Å². The van der Waals surface area contributed by atoms with Gasteiger partial charge in [-0.2, -0.15) is 0 Å². The SMILES string of the molecule is O=C([O-])c1cc(-c2ccc(I)cc2)nc2ccc(Br)cc12. The van der Waals surface area contributed by atoms with E-state index in [1.807, 2.05) is 30.3 Å². The van der Waals surface area contributed by atoms with Gasteiger partial charge in [0, 0.05) is 24.6 Å². The maximum atomic E-state index is 11.4. The molecular formula is C16H8BrINO2-. The first-order chi connectivity index (χ1) is 10.0. The molecule has 0 unspecified atom stereocenters. The number of halogens is 2. The predicted molar refractivity (Wildman–Crippen MR) is 91.9 cm³/mol. The summed E-state index contributed by atoms with van der Waals surface area (Å²) in [4.78, 5) is 16.0. The van der Waals surface area contributed by atoms with Crippen LogP contribution in [0, 0.1) is 3.57 Å². The van der Waals surface area contributed by atoms with Crippen LogP contribution >= 0.6 is 38.5 Å². The zero-order valence-corrected chi connectivity index (χ0v) is 14.4. The van der Waals surface area contributed by atoms with E-state index in [9.17, 15) is 9.90 Å². The second-order valence-corrected chi connectivity index (χ2v) is 6.67. The van der Waals surface area contributed by atoms with Crippen molar-refractivity contribution >= 4 is 55.4 Å². The van der Waals surface area contributed by atoms with E-state index in [-0.39, 0.29) is 5.56 Å². The summed E-state index contributed by atoms with van der Waals surface area (Å²) in [5.41, 5.74) is 2.28. The Bertz CT molecular complexity index is 847. The molecule has 2 aromatic carbocycles. The second kappa shape index (κ2) is 5.73. The minimum Gasteiger partial charge on any atom is -0.545 e. The fourth-order valence-electron chi connectivity index (χ4n) is 2.14. The van der Waals surface area contributed by atoms with Gasteiger partial charge in [-0.05, 0) is 59.0 Å². The van der Waals surface area contributed by atoms with Gasteiger partial charge in [0.2, 0.25) is 0 Å². The zero-order valence-electron chi connectivity index (χ0n) is 10.6. The summed E-state index contributed by atoms with van der Waals surface area (Å²) in [7, 11) is 0. The van der Waals surface area contributed by atoms with Gasteiger partial charge in [0.15, 0.2) is 0 Å². The first kappa shape index (κ1) is 14.5. The third kappa shape index (κ3) is 2.94. The smallest absolute Gasteiger partial charge is 0.0722 e. The van der Waals surface area contributed by atoms with Gasteiger partial charge in [-0.1, -0.05) is 28.1 Å². The third-order valence-electron chi connectivity index (χ3n) is 3.13. The van der Waals surface area contributed by atoms with E-state index < -0.39 is 5.97 Å². The Morgan fingerprint density at radius 1 is 1.10 bits per heavy atom. The van der Waals surface area contributed by atoms with Crippen molar-refractivity contribution < 1.29 is 9.90 Å². The largest absolute Gasteiger partial charge is 0.545 e. The topological polar surface area (TPSA) is 53.0 Å². The highest BCUT2D eigenvalue weighted by molar-refractivity contribution is 14.1. The molecule has 21 heavy (non-hydrogen) atoms. The van der Waals surface area contributed by atoms with Gasteiger partial charge in [0.25, 0.3) is 0 Å². The molecule has 0 saturated carbocycles. The highest BCUT2D eigenvalue weighted by atomic mass is 127. The van der Waals surface area contributed by atoms with Crippen LogP contribution in [-0.4, -0.2) is 11.0 Å². The van der Waals surface area contributed by atoms with Crippen LogP contribution in [0.5, 0.6) is 0 Å². The highest BCUT2D eigenvalue weighted by Crippen LogP contribution is 2.27. The van der Waals surface area contributed by atoms with E-state index in [2.05, 4.69) is 43.5 Å². The van der Waals surface area contributed by atoms with E-state index in [1.165, 1.54) is 0 Å². The number of aromatic nitrogens is 1. The van der Waals surface area contributed by atoms with Crippen molar-refractivity contribution in [1.29, 1.82) is 0 Å². The summed E-state index contributed by atoms with van der Waals surface area (Å²) >= 11 is 5.57. The predicted octanol–water partition coefficient (Wildman–Crippen LogP) is 3.63. The lowest BCUT2D eigenvalue weighted by Crippen LogP contribution is -2.22. The Labute approximate surface area is 143 Å². The molecule has 3 aromatic rings. The van der Waals surface area contributed by atoms with Crippen LogP contribution in [0.1, 0.15) is 10.4 Å². The lowest BCUT2D eigenvalue weighted by atomic mass is 10.0. The van der Waals surface area contributed by atoms with Gasteiger partial charge < -0.3 is 9.90 Å². The lowest BCUT2D eigenvalue weighted by Gasteiger charge is -2.11. The number of fused-ring (bicyclic) bond motifs is 1. The van der Waals surface area contributed by atoms with Crippen LogP contribution in [0.15, 0.2) is 53.0 Å². The number of nitrogens with zero attached hydrogens (tertiary/aromatic N) is 1. The Kier molecular flexibility index (Phi) is 3.95. The summed E-state index contributed by atoms with van der Waals surface area (Å²) < 4.78 is 1.92. The van der Waals surface area contributed by atoms with Crippen molar-refractivity contribution in [3.05, 3.63) is 62.1 Å². The van der Waals surface area contributed by atoms with Gasteiger partial charge >= 0.3 is 0 Å². The molecule has 1 aromatic heterocycles. The van der Waals surface area contributed by atoms with Crippen LogP contribution in [0.4, 0.5) is 0 Å². The van der Waals surface area contributed by atoms with Crippen molar-refractivity contribution in [2.45, 2.75) is 0 Å². The van der Waals surface area contributed by atoms with E-state index in [4.69, 9.17) is 0 Å². The molecule has 0 aliphatic rings. The number of carbonyl (C=O) groups excluding carboxylic acids is 1. The van der Waals surface area contributed by atoms with Gasteiger partial charge in [0.1, 0.15) is 0 Å². The molecule has 0 saturated heterocycles. The molecule has 0 N–H and O–H groups in total. The summed E-state index contributed by atoms with van der Waals surface area (Å²) in [5, 5.41) is 12.0. The quantitative estimate of drug-likeness (QED) is 0.558. The van der Waals surface area contributed by atoms with Crippen molar-refractivity contribution in [3.63, 3.8) is 0 Å². The highest BCUT2D eigenvalue weighted by Gasteiger charge is 2.09. The Balaban J connectivity index is 2.28. The molecule has 0 aliphatic carbocycles. The molecule has 0 aliphatic heterocycles. The number of hydrogen-bond donors (Lipinski definition) is 0. The second-order valence-electron chi connectivity index (χ2n) is 4.51.